The van der Waals surface area contributed by atoms with Gasteiger partial charge in [-0.3, -0.25) is 9.59 Å². The number of amides is 1. The van der Waals surface area contributed by atoms with Gasteiger partial charge in [0.15, 0.2) is 0 Å². The molecule has 1 fully saturated rings. The number of aromatic amines is 2. The van der Waals surface area contributed by atoms with E-state index in [0.717, 1.165) is 76.8 Å². The maximum Gasteiger partial charge on any atom is 0.281 e. The van der Waals surface area contributed by atoms with Crippen LogP contribution in [0, 0.1) is 0 Å². The zero-order valence-electron chi connectivity index (χ0n) is 30.0. The van der Waals surface area contributed by atoms with Gasteiger partial charge in [0.2, 0.25) is 5.91 Å². The fraction of sp³-hybridized carbons (Fsp3) is 0.244. The molecular formula is C41H41N9O4. The normalized spacial score (nSPS) is 13.5. The number of carbonyl (C=O) groups excluding carboxylic acids is 1. The van der Waals surface area contributed by atoms with Crippen LogP contribution in [0.3, 0.4) is 0 Å². The monoisotopic (exact) mass is 723 g/mol. The summed E-state index contributed by atoms with van der Waals surface area (Å²) in [6.45, 7) is 9.29. The number of para-hydroxylation sites is 1. The molecule has 7 aromatic rings. The van der Waals surface area contributed by atoms with Crippen LogP contribution in [0.1, 0.15) is 5.82 Å². The Bertz CT molecular complexity index is 2510. The molecule has 3 aromatic heterocycles. The van der Waals surface area contributed by atoms with Gasteiger partial charge in [0, 0.05) is 49.5 Å². The minimum Gasteiger partial charge on any atom is -0.491 e. The summed E-state index contributed by atoms with van der Waals surface area (Å²) >= 11 is 0. The van der Waals surface area contributed by atoms with Crippen molar-refractivity contribution in [3.8, 4) is 28.5 Å². The van der Waals surface area contributed by atoms with Crippen LogP contribution in [0.2, 0.25) is 0 Å². The van der Waals surface area contributed by atoms with Crippen LogP contribution in [-0.2, 0) is 16.1 Å². The maximum atomic E-state index is 12.7. The summed E-state index contributed by atoms with van der Waals surface area (Å²) in [6.07, 6.45) is 1.47. The quantitative estimate of drug-likeness (QED) is 0.139. The molecule has 0 radical (unpaired) electrons. The van der Waals surface area contributed by atoms with Crippen LogP contribution < -0.4 is 20.5 Å². The van der Waals surface area contributed by atoms with Crippen molar-refractivity contribution in [2.45, 2.75) is 6.54 Å². The largest absolute Gasteiger partial charge is 0.491 e. The highest BCUT2D eigenvalue weighted by atomic mass is 16.5. The lowest BCUT2D eigenvalue weighted by Gasteiger charge is -2.34. The summed E-state index contributed by atoms with van der Waals surface area (Å²) in [5.74, 6) is 2.43. The Morgan fingerprint density at radius 3 is 2.31 bits per heavy atom. The second kappa shape index (κ2) is 15.3. The van der Waals surface area contributed by atoms with E-state index in [9.17, 15) is 9.59 Å². The standard InChI is InChI=1S/C41H41N9O4/c1-3-37-47-41(52)31-6-4-5-7-36(31)50(37)26-38(51)42-16-21-53-22-23-54-30-12-8-27(9-13-30)39-43-32-14-10-28(24-34(32)45-39)40-44-33-15-11-29(25-35(33)46-40)49-19-17-48(2)18-20-49/h3-15,24-25H,1,16-23,26H2,2H3,(H,42,51)(H,43,45)(H,44,46). The lowest BCUT2D eigenvalue weighted by atomic mass is 10.2. The van der Waals surface area contributed by atoms with E-state index >= 15 is 0 Å². The number of aromatic nitrogens is 6. The Balaban J connectivity index is 0.808. The first-order chi connectivity index (χ1) is 26.4. The van der Waals surface area contributed by atoms with Crippen LogP contribution >= 0.6 is 0 Å². The molecule has 0 atom stereocenters. The third-order valence-electron chi connectivity index (χ3n) is 9.68. The molecule has 13 nitrogen and oxygen atoms in total. The smallest absolute Gasteiger partial charge is 0.281 e. The molecule has 0 unspecified atom stereocenters. The van der Waals surface area contributed by atoms with Gasteiger partial charge < -0.3 is 39.1 Å². The number of benzene rings is 4. The Morgan fingerprint density at radius 2 is 1.54 bits per heavy atom. The van der Waals surface area contributed by atoms with E-state index in [2.05, 4.69) is 68.0 Å². The number of anilines is 1. The number of ether oxygens (including phenoxy) is 2. The third-order valence-corrected chi connectivity index (χ3v) is 9.68. The van der Waals surface area contributed by atoms with E-state index < -0.39 is 0 Å². The van der Waals surface area contributed by atoms with E-state index in [0.29, 0.717) is 43.1 Å². The zero-order valence-corrected chi connectivity index (χ0v) is 30.0. The number of hydrogen-bond acceptors (Lipinski definition) is 9. The molecule has 13 heteroatoms. The van der Waals surface area contributed by atoms with Crippen molar-refractivity contribution < 1.29 is 14.3 Å². The molecule has 54 heavy (non-hydrogen) atoms. The van der Waals surface area contributed by atoms with E-state index in [1.165, 1.54) is 11.8 Å². The number of rotatable bonds is 13. The average molecular weight is 724 g/mol. The number of likely N-dealkylation sites (N-methyl/N-ethyl adjacent to an activating group) is 1. The Morgan fingerprint density at radius 1 is 0.833 bits per heavy atom. The predicted octanol–water partition coefficient (Wildman–Crippen LogP) is 5.09. The van der Waals surface area contributed by atoms with Crippen molar-refractivity contribution in [2.24, 2.45) is 0 Å². The van der Waals surface area contributed by atoms with Gasteiger partial charge in [-0.2, -0.15) is 4.98 Å². The topological polar surface area (TPSA) is 146 Å². The summed E-state index contributed by atoms with van der Waals surface area (Å²) in [4.78, 5) is 50.5. The molecule has 4 heterocycles. The van der Waals surface area contributed by atoms with Crippen molar-refractivity contribution in [1.29, 1.82) is 0 Å². The van der Waals surface area contributed by atoms with Gasteiger partial charge in [0.05, 0.1) is 46.2 Å². The van der Waals surface area contributed by atoms with E-state index in [1.54, 1.807) is 22.8 Å². The van der Waals surface area contributed by atoms with Gasteiger partial charge in [0.25, 0.3) is 5.56 Å². The first-order valence-corrected chi connectivity index (χ1v) is 18.0. The first kappa shape index (κ1) is 34.8. The molecule has 3 N–H and O–H groups in total. The summed E-state index contributed by atoms with van der Waals surface area (Å²) in [7, 11) is 2.17. The number of nitrogens with zero attached hydrogens (tertiary/aromatic N) is 6. The van der Waals surface area contributed by atoms with Gasteiger partial charge >= 0.3 is 0 Å². The molecule has 0 spiro atoms. The highest BCUT2D eigenvalue weighted by Crippen LogP contribution is 2.29. The predicted molar refractivity (Wildman–Crippen MR) is 212 cm³/mol. The van der Waals surface area contributed by atoms with E-state index in [-0.39, 0.29) is 18.0 Å². The molecule has 1 aliphatic rings. The number of nitrogens with one attached hydrogen (secondary N) is 3. The summed E-state index contributed by atoms with van der Waals surface area (Å²) < 4.78 is 13.2. The van der Waals surface area contributed by atoms with Gasteiger partial charge in [-0.05, 0) is 85.9 Å². The number of fused-ring (bicyclic) bond motifs is 3. The Hall–Kier alpha value is -6.31. The zero-order chi connectivity index (χ0) is 37.0. The first-order valence-electron chi connectivity index (χ1n) is 18.0. The summed E-state index contributed by atoms with van der Waals surface area (Å²) in [5.41, 5.74) is 7.21. The summed E-state index contributed by atoms with van der Waals surface area (Å²) in [6, 6.07) is 27.4. The third kappa shape index (κ3) is 7.45. The molecule has 0 bridgehead atoms. The lowest BCUT2D eigenvalue weighted by Crippen LogP contribution is -2.44. The molecule has 0 aliphatic carbocycles. The van der Waals surface area contributed by atoms with Crippen molar-refractivity contribution in [3.63, 3.8) is 0 Å². The average Bonchev–Trinajstić information content (AvgIpc) is 3.83. The van der Waals surface area contributed by atoms with Gasteiger partial charge in [0.1, 0.15) is 36.4 Å². The van der Waals surface area contributed by atoms with Gasteiger partial charge in [-0.1, -0.05) is 18.7 Å². The Labute approximate surface area is 311 Å². The number of carbonyl (C=O) groups is 1. The highest BCUT2D eigenvalue weighted by Gasteiger charge is 2.16. The molecular weight excluding hydrogens is 683 g/mol. The molecule has 8 rings (SSSR count). The minimum atomic E-state index is -0.348. The molecule has 1 amide bonds. The second-order valence-corrected chi connectivity index (χ2v) is 13.3. The minimum absolute atomic E-state index is 0.00420. The highest BCUT2D eigenvalue weighted by molar-refractivity contribution is 5.87. The number of hydrogen-bond donors (Lipinski definition) is 3. The lowest BCUT2D eigenvalue weighted by molar-refractivity contribution is -0.121. The SMILES string of the molecule is C=Cc1nc(=O)c2ccccc2n1CC(=O)NCCOCCOc1ccc(-c2nc3ccc(-c4nc5ccc(N6CCN(C)CC6)cc5[nH]4)cc3[nH]2)cc1. The molecule has 0 saturated carbocycles. The van der Waals surface area contributed by atoms with Crippen LogP contribution in [0.4, 0.5) is 5.69 Å². The number of piperazine rings is 1. The molecule has 4 aromatic carbocycles. The van der Waals surface area contributed by atoms with Crippen LogP contribution in [0.15, 0.2) is 96.3 Å². The fourth-order valence-electron chi connectivity index (χ4n) is 6.74. The van der Waals surface area contributed by atoms with Crippen molar-refractivity contribution in [2.75, 3.05) is 64.5 Å². The van der Waals surface area contributed by atoms with Crippen molar-refractivity contribution in [1.82, 2.24) is 39.7 Å². The maximum absolute atomic E-state index is 12.7. The fourth-order valence-corrected chi connectivity index (χ4v) is 6.74. The molecule has 1 aliphatic heterocycles. The van der Waals surface area contributed by atoms with Gasteiger partial charge in [-0.15, -0.1) is 0 Å². The Kier molecular flexibility index (Phi) is 9.88. The summed E-state index contributed by atoms with van der Waals surface area (Å²) in [5, 5.41) is 3.30. The van der Waals surface area contributed by atoms with Crippen LogP contribution in [0.25, 0.3) is 61.8 Å². The van der Waals surface area contributed by atoms with Crippen molar-refractivity contribution >= 4 is 50.6 Å². The number of imidazole rings is 2. The van der Waals surface area contributed by atoms with Crippen molar-refractivity contribution in [3.05, 3.63) is 108 Å². The molecule has 274 valence electrons. The second-order valence-electron chi connectivity index (χ2n) is 13.3. The van der Waals surface area contributed by atoms with E-state index in [4.69, 9.17) is 19.4 Å². The van der Waals surface area contributed by atoms with Crippen LogP contribution in [0.5, 0.6) is 5.75 Å². The number of H-pyrrole nitrogens is 2. The van der Waals surface area contributed by atoms with Gasteiger partial charge in [-0.25, -0.2) is 9.97 Å². The van der Waals surface area contributed by atoms with E-state index in [1.807, 2.05) is 42.5 Å². The molecule has 1 saturated heterocycles. The van der Waals surface area contributed by atoms with Crippen LogP contribution in [-0.4, -0.2) is 99.9 Å².